The van der Waals surface area contributed by atoms with Crippen LogP contribution in [0.25, 0.3) is 0 Å². The van der Waals surface area contributed by atoms with E-state index in [0.717, 1.165) is 25.8 Å². The number of sulfonamides is 1. The van der Waals surface area contributed by atoms with Crippen LogP contribution in [0.4, 0.5) is 5.69 Å². The number of anilines is 1. The maximum atomic E-state index is 12.8. The van der Waals surface area contributed by atoms with E-state index in [-0.39, 0.29) is 21.8 Å². The average Bonchev–Trinajstić information content (AvgIpc) is 2.62. The van der Waals surface area contributed by atoms with E-state index in [9.17, 15) is 18.0 Å². The number of esters is 2. The molecule has 0 atom stereocenters. The van der Waals surface area contributed by atoms with Crippen molar-refractivity contribution in [2.75, 3.05) is 18.9 Å². The van der Waals surface area contributed by atoms with Crippen molar-refractivity contribution in [3.8, 4) is 0 Å². The molecule has 0 aliphatic rings. The summed E-state index contributed by atoms with van der Waals surface area (Å²) in [5.74, 6) is -1.61. The fourth-order valence-corrected chi connectivity index (χ4v) is 3.81. The lowest BCUT2D eigenvalue weighted by Crippen LogP contribution is -2.19. The molecule has 2 aromatic carbocycles. The van der Waals surface area contributed by atoms with Crippen LogP contribution in [0.1, 0.15) is 26.3 Å². The molecule has 0 saturated carbocycles. The summed E-state index contributed by atoms with van der Waals surface area (Å²) in [5.41, 5.74) is 0.726. The Morgan fingerprint density at radius 3 is 2.23 bits per heavy atom. The predicted molar refractivity (Wildman–Crippen MR) is 96.1 cm³/mol. The van der Waals surface area contributed by atoms with Crippen molar-refractivity contribution >= 4 is 39.3 Å². The van der Waals surface area contributed by atoms with Gasteiger partial charge in [0, 0.05) is 0 Å². The van der Waals surface area contributed by atoms with Gasteiger partial charge in [0.25, 0.3) is 10.0 Å². The predicted octanol–water partition coefficient (Wildman–Crippen LogP) is 3.02. The molecule has 0 radical (unpaired) electrons. The Kier molecular flexibility index (Phi) is 5.89. The molecular weight excluding hydrogens is 382 g/mol. The van der Waals surface area contributed by atoms with E-state index in [4.69, 9.17) is 11.6 Å². The Morgan fingerprint density at radius 2 is 1.65 bits per heavy atom. The Morgan fingerprint density at radius 1 is 1.00 bits per heavy atom. The van der Waals surface area contributed by atoms with Gasteiger partial charge < -0.3 is 9.47 Å². The van der Waals surface area contributed by atoms with Crippen LogP contribution in [-0.4, -0.2) is 34.6 Å². The van der Waals surface area contributed by atoms with Gasteiger partial charge in [-0.3, -0.25) is 4.72 Å². The quantitative estimate of drug-likeness (QED) is 0.778. The smallest absolute Gasteiger partial charge is 0.339 e. The number of rotatable bonds is 5. The third-order valence-corrected chi connectivity index (χ3v) is 5.18. The van der Waals surface area contributed by atoms with E-state index < -0.39 is 26.9 Å². The summed E-state index contributed by atoms with van der Waals surface area (Å²) in [7, 11) is -1.96. The minimum absolute atomic E-state index is 0.0319. The molecule has 0 bridgehead atoms. The number of nitrogens with one attached hydrogen (secondary N) is 1. The van der Waals surface area contributed by atoms with Crippen molar-refractivity contribution < 1.29 is 27.5 Å². The molecule has 26 heavy (non-hydrogen) atoms. The highest BCUT2D eigenvalue weighted by atomic mass is 35.5. The van der Waals surface area contributed by atoms with Gasteiger partial charge in [-0.2, -0.15) is 0 Å². The molecular formula is C17H16ClNO6S. The molecule has 2 aromatic rings. The second-order valence-electron chi connectivity index (χ2n) is 5.28. The Hall–Kier alpha value is -2.58. The first kappa shape index (κ1) is 19.7. The van der Waals surface area contributed by atoms with E-state index in [0.29, 0.717) is 0 Å². The van der Waals surface area contributed by atoms with E-state index in [2.05, 4.69) is 14.2 Å². The van der Waals surface area contributed by atoms with Gasteiger partial charge in [-0.25, -0.2) is 18.0 Å². The molecule has 0 fully saturated rings. The zero-order valence-corrected chi connectivity index (χ0v) is 15.8. The molecule has 0 aliphatic heterocycles. The standard InChI is InChI=1S/C17H16ClNO6S/c1-10-4-7-14(13(18)8-10)19-26(22,23)15-9-11(16(20)24-2)5-6-12(15)17(21)25-3/h4-9,19H,1-3H3. The van der Waals surface area contributed by atoms with Crippen molar-refractivity contribution in [2.45, 2.75) is 11.8 Å². The number of halogens is 1. The summed E-state index contributed by atoms with van der Waals surface area (Å²) >= 11 is 6.06. The van der Waals surface area contributed by atoms with E-state index in [1.54, 1.807) is 19.1 Å². The highest BCUT2D eigenvalue weighted by Gasteiger charge is 2.26. The second-order valence-corrected chi connectivity index (χ2v) is 7.34. The Labute approximate surface area is 155 Å². The van der Waals surface area contributed by atoms with Crippen LogP contribution in [0.3, 0.4) is 0 Å². The minimum atomic E-state index is -4.24. The molecule has 0 amide bonds. The first-order chi connectivity index (χ1) is 12.2. The molecule has 0 unspecified atom stereocenters. The molecule has 1 N–H and O–H groups in total. The summed E-state index contributed by atoms with van der Waals surface area (Å²) < 4.78 is 37.1. The van der Waals surface area contributed by atoms with Gasteiger partial charge in [0.05, 0.1) is 36.1 Å². The number of carbonyl (C=O) groups is 2. The molecule has 9 heteroatoms. The number of hydrogen-bond acceptors (Lipinski definition) is 6. The number of aryl methyl sites for hydroxylation is 1. The van der Waals surface area contributed by atoms with E-state index in [1.165, 1.54) is 18.2 Å². The van der Waals surface area contributed by atoms with Crippen molar-refractivity contribution in [3.05, 3.63) is 58.1 Å². The van der Waals surface area contributed by atoms with Gasteiger partial charge in [-0.05, 0) is 42.8 Å². The molecule has 0 spiro atoms. The highest BCUT2D eigenvalue weighted by Crippen LogP contribution is 2.27. The van der Waals surface area contributed by atoms with Crippen LogP contribution in [0.2, 0.25) is 5.02 Å². The number of hydrogen-bond donors (Lipinski definition) is 1. The van der Waals surface area contributed by atoms with Crippen molar-refractivity contribution in [1.82, 2.24) is 0 Å². The molecule has 7 nitrogen and oxygen atoms in total. The second kappa shape index (κ2) is 7.76. The minimum Gasteiger partial charge on any atom is -0.465 e. The lowest BCUT2D eigenvalue weighted by molar-refractivity contribution is 0.0583. The lowest BCUT2D eigenvalue weighted by Gasteiger charge is -2.13. The van der Waals surface area contributed by atoms with Gasteiger partial charge in [0.2, 0.25) is 0 Å². The normalized spacial score (nSPS) is 10.9. The zero-order valence-electron chi connectivity index (χ0n) is 14.2. The van der Waals surface area contributed by atoms with Crippen molar-refractivity contribution in [3.63, 3.8) is 0 Å². The summed E-state index contributed by atoms with van der Waals surface area (Å²) in [6.07, 6.45) is 0. The maximum absolute atomic E-state index is 12.8. The lowest BCUT2D eigenvalue weighted by atomic mass is 10.1. The first-order valence-corrected chi connectivity index (χ1v) is 9.15. The third-order valence-electron chi connectivity index (χ3n) is 3.47. The van der Waals surface area contributed by atoms with Crippen LogP contribution in [0, 0.1) is 6.92 Å². The van der Waals surface area contributed by atoms with Crippen molar-refractivity contribution in [2.24, 2.45) is 0 Å². The number of ether oxygens (including phenoxy) is 2. The summed E-state index contributed by atoms with van der Waals surface area (Å²) in [6, 6.07) is 8.26. The van der Waals surface area contributed by atoms with Crippen molar-refractivity contribution in [1.29, 1.82) is 0 Å². The van der Waals surface area contributed by atoms with Gasteiger partial charge in [-0.15, -0.1) is 0 Å². The summed E-state index contributed by atoms with van der Waals surface area (Å²) in [5, 5.41) is 0.192. The molecule has 0 aliphatic carbocycles. The Bertz CT molecular complexity index is 971. The monoisotopic (exact) mass is 397 g/mol. The SMILES string of the molecule is COC(=O)c1ccc(C(=O)OC)c(S(=O)(=O)Nc2ccc(C)cc2Cl)c1. The molecule has 0 heterocycles. The fraction of sp³-hybridized carbons (Fsp3) is 0.176. The van der Waals surface area contributed by atoms with Gasteiger partial charge >= 0.3 is 11.9 Å². The average molecular weight is 398 g/mol. The highest BCUT2D eigenvalue weighted by molar-refractivity contribution is 7.92. The molecule has 0 aromatic heterocycles. The van der Waals surface area contributed by atoms with E-state index >= 15 is 0 Å². The summed E-state index contributed by atoms with van der Waals surface area (Å²) in [6.45, 7) is 1.80. The van der Waals surface area contributed by atoms with Crippen LogP contribution < -0.4 is 4.72 Å². The van der Waals surface area contributed by atoms with Crippen LogP contribution in [-0.2, 0) is 19.5 Å². The van der Waals surface area contributed by atoms with Crippen LogP contribution in [0.5, 0.6) is 0 Å². The molecule has 2 rings (SSSR count). The first-order valence-electron chi connectivity index (χ1n) is 7.29. The molecule has 0 saturated heterocycles. The molecule has 138 valence electrons. The zero-order chi connectivity index (χ0) is 19.5. The number of carbonyl (C=O) groups excluding carboxylic acids is 2. The number of methoxy groups -OCH3 is 2. The van der Waals surface area contributed by atoms with Crippen LogP contribution in [0.15, 0.2) is 41.3 Å². The number of benzene rings is 2. The largest absolute Gasteiger partial charge is 0.465 e. The van der Waals surface area contributed by atoms with Gasteiger partial charge in [0.15, 0.2) is 0 Å². The Balaban J connectivity index is 2.58. The topological polar surface area (TPSA) is 98.8 Å². The van der Waals surface area contributed by atoms with Crippen LogP contribution >= 0.6 is 11.6 Å². The third kappa shape index (κ3) is 4.14. The maximum Gasteiger partial charge on any atom is 0.339 e. The summed E-state index contributed by atoms with van der Waals surface area (Å²) in [4.78, 5) is 23.2. The fourth-order valence-electron chi connectivity index (χ4n) is 2.17. The van der Waals surface area contributed by atoms with E-state index in [1.807, 2.05) is 0 Å². The van der Waals surface area contributed by atoms with Gasteiger partial charge in [0.1, 0.15) is 4.90 Å². The van der Waals surface area contributed by atoms with Gasteiger partial charge in [-0.1, -0.05) is 17.7 Å².